The van der Waals surface area contributed by atoms with Gasteiger partial charge in [-0.15, -0.1) is 0 Å². The number of carbonyl (C=O) groups is 1. The number of halogens is 1. The molecule has 1 amide bonds. The van der Waals surface area contributed by atoms with Gasteiger partial charge >= 0.3 is 0 Å². The zero-order valence-corrected chi connectivity index (χ0v) is 13.6. The average Bonchev–Trinajstić information content (AvgIpc) is 2.96. The van der Waals surface area contributed by atoms with Gasteiger partial charge in [0.2, 0.25) is 0 Å². The van der Waals surface area contributed by atoms with Crippen molar-refractivity contribution < 1.29 is 9.53 Å². The average molecular weight is 341 g/mol. The minimum atomic E-state index is -0.456. The summed E-state index contributed by atoms with van der Waals surface area (Å²) in [5.74, 6) is 0.829. The molecule has 1 unspecified atom stereocenters. The SMILES string of the molecule is CNCc1cccc(Br)c1OC(C)C(=O)N1CCCC1. The van der Waals surface area contributed by atoms with E-state index in [1.165, 1.54) is 0 Å². The van der Waals surface area contributed by atoms with Crippen LogP contribution in [0.5, 0.6) is 5.75 Å². The van der Waals surface area contributed by atoms with Crippen molar-refractivity contribution in [3.05, 3.63) is 28.2 Å². The summed E-state index contributed by atoms with van der Waals surface area (Å²) in [5, 5.41) is 3.11. The predicted octanol–water partition coefficient (Wildman–Crippen LogP) is 2.56. The molecule has 0 bridgehead atoms. The van der Waals surface area contributed by atoms with Gasteiger partial charge in [-0.3, -0.25) is 4.79 Å². The molecule has 0 radical (unpaired) electrons. The molecule has 1 saturated heterocycles. The maximum Gasteiger partial charge on any atom is 0.263 e. The van der Waals surface area contributed by atoms with Crippen LogP contribution in [0.4, 0.5) is 0 Å². The molecule has 1 aromatic carbocycles. The van der Waals surface area contributed by atoms with Gasteiger partial charge in [0.15, 0.2) is 6.10 Å². The summed E-state index contributed by atoms with van der Waals surface area (Å²) in [6.45, 7) is 4.24. The molecule has 1 heterocycles. The van der Waals surface area contributed by atoms with Gasteiger partial charge in [0.25, 0.3) is 5.91 Å². The van der Waals surface area contributed by atoms with E-state index in [1.807, 2.05) is 37.1 Å². The van der Waals surface area contributed by atoms with Gasteiger partial charge in [-0.05, 0) is 48.8 Å². The largest absolute Gasteiger partial charge is 0.479 e. The molecular weight excluding hydrogens is 320 g/mol. The van der Waals surface area contributed by atoms with Gasteiger partial charge in [0, 0.05) is 25.2 Å². The minimum Gasteiger partial charge on any atom is -0.479 e. The highest BCUT2D eigenvalue weighted by atomic mass is 79.9. The number of rotatable bonds is 5. The Labute approximate surface area is 128 Å². The number of nitrogens with one attached hydrogen (secondary N) is 1. The number of para-hydroxylation sites is 1. The van der Waals surface area contributed by atoms with E-state index in [1.54, 1.807) is 0 Å². The second-order valence-electron chi connectivity index (χ2n) is 5.05. The van der Waals surface area contributed by atoms with Crippen molar-refractivity contribution >= 4 is 21.8 Å². The molecule has 0 aromatic heterocycles. The Morgan fingerprint density at radius 2 is 2.15 bits per heavy atom. The van der Waals surface area contributed by atoms with Crippen LogP contribution >= 0.6 is 15.9 Å². The minimum absolute atomic E-state index is 0.0775. The normalized spacial score (nSPS) is 16.2. The van der Waals surface area contributed by atoms with E-state index in [-0.39, 0.29) is 5.91 Å². The van der Waals surface area contributed by atoms with Crippen molar-refractivity contribution in [3.63, 3.8) is 0 Å². The molecule has 20 heavy (non-hydrogen) atoms. The maximum absolute atomic E-state index is 12.3. The lowest BCUT2D eigenvalue weighted by molar-refractivity contribution is -0.136. The third-order valence-electron chi connectivity index (χ3n) is 3.48. The second kappa shape index (κ2) is 7.09. The van der Waals surface area contributed by atoms with Gasteiger partial charge in [0.1, 0.15) is 5.75 Å². The monoisotopic (exact) mass is 340 g/mol. The third-order valence-corrected chi connectivity index (χ3v) is 4.10. The Morgan fingerprint density at radius 3 is 2.80 bits per heavy atom. The first kappa shape index (κ1) is 15.3. The van der Waals surface area contributed by atoms with Crippen molar-refractivity contribution in [1.82, 2.24) is 10.2 Å². The quantitative estimate of drug-likeness (QED) is 0.895. The van der Waals surface area contributed by atoms with Gasteiger partial charge in [-0.2, -0.15) is 0 Å². The van der Waals surface area contributed by atoms with Crippen LogP contribution in [0, 0.1) is 0 Å². The van der Waals surface area contributed by atoms with Gasteiger partial charge in [-0.1, -0.05) is 12.1 Å². The van der Waals surface area contributed by atoms with Crippen molar-refractivity contribution in [1.29, 1.82) is 0 Å². The lowest BCUT2D eigenvalue weighted by Gasteiger charge is -2.23. The molecule has 1 atom stereocenters. The van der Waals surface area contributed by atoms with E-state index in [9.17, 15) is 4.79 Å². The molecule has 1 N–H and O–H groups in total. The molecule has 0 spiro atoms. The fourth-order valence-corrected chi connectivity index (χ4v) is 2.94. The number of hydrogen-bond acceptors (Lipinski definition) is 3. The van der Waals surface area contributed by atoms with Crippen LogP contribution in [-0.2, 0) is 11.3 Å². The highest BCUT2D eigenvalue weighted by molar-refractivity contribution is 9.10. The molecule has 110 valence electrons. The van der Waals surface area contributed by atoms with E-state index < -0.39 is 6.10 Å². The van der Waals surface area contributed by atoms with Gasteiger partial charge < -0.3 is 15.0 Å². The Hall–Kier alpha value is -1.07. The molecule has 1 fully saturated rings. The Morgan fingerprint density at radius 1 is 1.45 bits per heavy atom. The zero-order valence-electron chi connectivity index (χ0n) is 12.0. The molecule has 0 aliphatic carbocycles. The van der Waals surface area contributed by atoms with Crippen LogP contribution in [0.3, 0.4) is 0 Å². The first-order valence-electron chi connectivity index (χ1n) is 7.01. The standard InChI is InChI=1S/C15H21BrN2O2/c1-11(15(19)18-8-3-4-9-18)20-14-12(10-17-2)6-5-7-13(14)16/h5-7,11,17H,3-4,8-10H2,1-2H3. The number of benzene rings is 1. The molecule has 0 saturated carbocycles. The molecular formula is C15H21BrN2O2. The summed E-state index contributed by atoms with van der Waals surface area (Å²) < 4.78 is 6.81. The summed E-state index contributed by atoms with van der Waals surface area (Å²) in [4.78, 5) is 14.2. The Kier molecular flexibility index (Phi) is 5.43. The smallest absolute Gasteiger partial charge is 0.263 e. The molecule has 4 nitrogen and oxygen atoms in total. The van der Waals surface area contributed by atoms with Crippen LogP contribution < -0.4 is 10.1 Å². The van der Waals surface area contributed by atoms with Crippen LogP contribution in [0.2, 0.25) is 0 Å². The maximum atomic E-state index is 12.3. The van der Waals surface area contributed by atoms with E-state index in [0.717, 1.165) is 41.7 Å². The highest BCUT2D eigenvalue weighted by Crippen LogP contribution is 2.30. The van der Waals surface area contributed by atoms with Crippen molar-refractivity contribution in [2.75, 3.05) is 20.1 Å². The lowest BCUT2D eigenvalue weighted by atomic mass is 10.2. The molecule has 1 aliphatic heterocycles. The number of hydrogen-bond donors (Lipinski definition) is 1. The molecule has 1 aliphatic rings. The first-order valence-corrected chi connectivity index (χ1v) is 7.80. The van der Waals surface area contributed by atoms with Gasteiger partial charge in [0.05, 0.1) is 4.47 Å². The van der Waals surface area contributed by atoms with Crippen LogP contribution in [-0.4, -0.2) is 37.0 Å². The molecule has 1 aromatic rings. The number of nitrogens with zero attached hydrogens (tertiary/aromatic N) is 1. The van der Waals surface area contributed by atoms with Gasteiger partial charge in [-0.25, -0.2) is 0 Å². The summed E-state index contributed by atoms with van der Waals surface area (Å²) in [6.07, 6.45) is 1.74. The van der Waals surface area contributed by atoms with E-state index in [4.69, 9.17) is 4.74 Å². The summed E-state index contributed by atoms with van der Waals surface area (Å²) in [6, 6.07) is 5.90. The predicted molar refractivity (Wildman–Crippen MR) is 82.8 cm³/mol. The summed E-state index contributed by atoms with van der Waals surface area (Å²) in [5.41, 5.74) is 1.04. The van der Waals surface area contributed by atoms with E-state index in [2.05, 4.69) is 21.2 Å². The second-order valence-corrected chi connectivity index (χ2v) is 5.91. The van der Waals surface area contributed by atoms with Crippen LogP contribution in [0.1, 0.15) is 25.3 Å². The van der Waals surface area contributed by atoms with Crippen LogP contribution in [0.25, 0.3) is 0 Å². The Bertz CT molecular complexity index is 473. The molecule has 5 heteroatoms. The highest BCUT2D eigenvalue weighted by Gasteiger charge is 2.25. The number of ether oxygens (including phenoxy) is 1. The van der Waals surface area contributed by atoms with E-state index >= 15 is 0 Å². The van der Waals surface area contributed by atoms with Crippen molar-refractivity contribution in [3.8, 4) is 5.75 Å². The number of amides is 1. The fourth-order valence-electron chi connectivity index (χ4n) is 2.44. The van der Waals surface area contributed by atoms with Crippen LogP contribution in [0.15, 0.2) is 22.7 Å². The van der Waals surface area contributed by atoms with E-state index in [0.29, 0.717) is 6.54 Å². The Balaban J connectivity index is 2.10. The fraction of sp³-hybridized carbons (Fsp3) is 0.533. The third kappa shape index (κ3) is 3.52. The van der Waals surface area contributed by atoms with Crippen molar-refractivity contribution in [2.45, 2.75) is 32.4 Å². The summed E-state index contributed by atoms with van der Waals surface area (Å²) >= 11 is 3.50. The summed E-state index contributed by atoms with van der Waals surface area (Å²) in [7, 11) is 1.89. The first-order chi connectivity index (χ1) is 9.63. The lowest BCUT2D eigenvalue weighted by Crippen LogP contribution is -2.38. The number of likely N-dealkylation sites (tertiary alicyclic amines) is 1. The zero-order chi connectivity index (χ0) is 14.5. The molecule has 2 rings (SSSR count). The number of carbonyl (C=O) groups excluding carboxylic acids is 1. The topological polar surface area (TPSA) is 41.6 Å². The van der Waals surface area contributed by atoms with Crippen molar-refractivity contribution in [2.24, 2.45) is 0 Å².